The molecule has 0 N–H and O–H groups in total. The first-order valence-electron chi connectivity index (χ1n) is 11.0. The molecule has 1 saturated heterocycles. The van der Waals surface area contributed by atoms with Gasteiger partial charge in [0.25, 0.3) is 11.8 Å². The van der Waals surface area contributed by atoms with E-state index in [1.165, 1.54) is 59.0 Å². The van der Waals surface area contributed by atoms with Crippen molar-refractivity contribution in [1.29, 1.82) is 0 Å². The summed E-state index contributed by atoms with van der Waals surface area (Å²) in [6.07, 6.45) is -4.46. The number of carbonyl (C=O) groups excluding carboxylic acids is 2. The van der Waals surface area contributed by atoms with Crippen LogP contribution >= 0.6 is 11.8 Å². The van der Waals surface area contributed by atoms with Crippen LogP contribution < -0.4 is 9.64 Å². The number of carbonyl (C=O) groups is 2. The number of nitrogens with zero attached hydrogens (tertiary/aromatic N) is 2. The molecule has 1 fully saturated rings. The summed E-state index contributed by atoms with van der Waals surface area (Å²) in [5, 5.41) is 0. The molecular weight excluding hydrogens is 496 g/mol. The molecular formula is C26H20F4N2O3S. The van der Waals surface area contributed by atoms with Crippen molar-refractivity contribution in [3.8, 4) is 5.75 Å². The number of halogens is 4. The quantitative estimate of drug-likeness (QED) is 0.434. The highest BCUT2D eigenvalue weighted by atomic mass is 32.2. The fourth-order valence-electron chi connectivity index (χ4n) is 4.64. The summed E-state index contributed by atoms with van der Waals surface area (Å²) in [4.78, 5) is 29.1. The average Bonchev–Trinajstić information content (AvgIpc) is 3.40. The van der Waals surface area contributed by atoms with Crippen molar-refractivity contribution in [3.63, 3.8) is 0 Å². The second kappa shape index (κ2) is 8.85. The van der Waals surface area contributed by atoms with Gasteiger partial charge in [-0.15, -0.1) is 11.8 Å². The molecule has 1 atom stereocenters. The number of rotatable bonds is 4. The van der Waals surface area contributed by atoms with Crippen molar-refractivity contribution in [3.05, 3.63) is 94.8 Å². The van der Waals surface area contributed by atoms with Gasteiger partial charge in [0.05, 0.1) is 24.9 Å². The van der Waals surface area contributed by atoms with Crippen LogP contribution in [0.2, 0.25) is 0 Å². The summed E-state index contributed by atoms with van der Waals surface area (Å²) in [7, 11) is 1.49. The molecule has 36 heavy (non-hydrogen) atoms. The largest absolute Gasteiger partial charge is 0.497 e. The second-order valence-corrected chi connectivity index (χ2v) is 9.72. The Labute approximate surface area is 208 Å². The predicted molar refractivity (Wildman–Crippen MR) is 127 cm³/mol. The van der Waals surface area contributed by atoms with E-state index < -0.39 is 34.2 Å². The van der Waals surface area contributed by atoms with E-state index >= 15 is 0 Å². The van der Waals surface area contributed by atoms with E-state index in [1.54, 1.807) is 18.2 Å². The Morgan fingerprint density at radius 2 is 1.83 bits per heavy atom. The minimum Gasteiger partial charge on any atom is -0.497 e. The summed E-state index contributed by atoms with van der Waals surface area (Å²) in [6, 6.07) is 15.0. The Bertz CT molecular complexity index is 1350. The summed E-state index contributed by atoms with van der Waals surface area (Å²) < 4.78 is 58.2. The number of hydrogen-bond donors (Lipinski definition) is 0. The molecule has 2 aliphatic rings. The van der Waals surface area contributed by atoms with Crippen LogP contribution in [0.5, 0.6) is 5.75 Å². The smallest absolute Gasteiger partial charge is 0.416 e. The Morgan fingerprint density at radius 3 is 2.50 bits per heavy atom. The molecule has 5 nitrogen and oxygen atoms in total. The molecule has 3 aromatic rings. The average molecular weight is 517 g/mol. The maximum atomic E-state index is 14.0. The lowest BCUT2D eigenvalue weighted by atomic mass is 10.0. The van der Waals surface area contributed by atoms with E-state index in [9.17, 15) is 27.2 Å². The fourth-order valence-corrected chi connectivity index (χ4v) is 6.09. The first-order chi connectivity index (χ1) is 17.1. The van der Waals surface area contributed by atoms with E-state index in [-0.39, 0.29) is 18.7 Å². The van der Waals surface area contributed by atoms with Gasteiger partial charge in [0.1, 0.15) is 11.6 Å². The number of hydrogen-bond acceptors (Lipinski definition) is 4. The Kier molecular flexibility index (Phi) is 5.94. The van der Waals surface area contributed by atoms with Gasteiger partial charge in [-0.05, 0) is 54.1 Å². The number of thioether (sulfide) groups is 1. The van der Waals surface area contributed by atoms with Crippen LogP contribution in [0, 0.1) is 5.82 Å². The molecule has 0 bridgehead atoms. The minimum absolute atomic E-state index is 0.0145. The molecule has 1 spiro atoms. The van der Waals surface area contributed by atoms with Gasteiger partial charge in [-0.1, -0.05) is 18.2 Å². The first kappa shape index (κ1) is 24.2. The van der Waals surface area contributed by atoms with Crippen LogP contribution in [0.25, 0.3) is 0 Å². The third-order valence-corrected chi connectivity index (χ3v) is 7.76. The summed E-state index contributed by atoms with van der Waals surface area (Å²) in [5.74, 6) is -0.484. The highest BCUT2D eigenvalue weighted by molar-refractivity contribution is 8.01. The lowest BCUT2D eigenvalue weighted by Crippen LogP contribution is -2.50. The lowest BCUT2D eigenvalue weighted by Gasteiger charge is -2.33. The lowest BCUT2D eigenvalue weighted by molar-refractivity contribution is -0.137. The van der Waals surface area contributed by atoms with E-state index in [1.807, 2.05) is 0 Å². The molecule has 0 saturated carbocycles. The second-order valence-electron chi connectivity index (χ2n) is 8.43. The number of fused-ring (bicyclic) bond motifs is 2. The maximum Gasteiger partial charge on any atom is 0.416 e. The molecule has 5 rings (SSSR count). The number of methoxy groups -OCH3 is 1. The summed E-state index contributed by atoms with van der Waals surface area (Å²) in [5.41, 5.74) is 0.924. The van der Waals surface area contributed by atoms with Crippen molar-refractivity contribution in [1.82, 2.24) is 4.90 Å². The molecule has 186 valence electrons. The highest BCUT2D eigenvalue weighted by Crippen LogP contribution is 2.55. The number of ether oxygens (including phenoxy) is 1. The Balaban J connectivity index is 1.56. The molecule has 0 radical (unpaired) electrons. The highest BCUT2D eigenvalue weighted by Gasteiger charge is 2.59. The number of alkyl halides is 3. The first-order valence-corrected chi connectivity index (χ1v) is 12.0. The van der Waals surface area contributed by atoms with Crippen molar-refractivity contribution >= 4 is 29.3 Å². The molecule has 0 aromatic heterocycles. The van der Waals surface area contributed by atoms with Crippen LogP contribution in [-0.4, -0.2) is 36.1 Å². The van der Waals surface area contributed by atoms with Crippen LogP contribution in [0.4, 0.5) is 23.2 Å². The van der Waals surface area contributed by atoms with Crippen LogP contribution in [0.1, 0.15) is 27.0 Å². The van der Waals surface area contributed by atoms with Crippen molar-refractivity contribution < 1.29 is 31.9 Å². The van der Waals surface area contributed by atoms with Gasteiger partial charge in [-0.3, -0.25) is 9.59 Å². The van der Waals surface area contributed by atoms with Gasteiger partial charge in [0.15, 0.2) is 4.87 Å². The standard InChI is InChI=1S/C26H20F4N2O3S/c1-35-20-9-10-22-21(14-20)25(32(11-12-36-25)23(33)17-3-2-4-19(27)13-17)24(34)31(22)15-16-5-7-18(8-6-16)26(28,29)30/h2-10,13-14H,11-12,15H2,1H3/t25-/m1/s1. The van der Waals surface area contributed by atoms with Gasteiger partial charge in [-0.2, -0.15) is 13.2 Å². The number of benzene rings is 3. The van der Waals surface area contributed by atoms with Gasteiger partial charge in [0, 0.05) is 23.4 Å². The fraction of sp³-hybridized carbons (Fsp3) is 0.231. The summed E-state index contributed by atoms with van der Waals surface area (Å²) in [6.45, 7) is 0.275. The molecule has 2 heterocycles. The molecule has 0 aliphatic carbocycles. The zero-order chi connectivity index (χ0) is 25.7. The normalized spacial score (nSPS) is 19.2. The van der Waals surface area contributed by atoms with Gasteiger partial charge in [0.2, 0.25) is 0 Å². The van der Waals surface area contributed by atoms with E-state index in [0.29, 0.717) is 28.3 Å². The summed E-state index contributed by atoms with van der Waals surface area (Å²) >= 11 is 1.29. The Hall–Kier alpha value is -3.53. The molecule has 10 heteroatoms. The monoisotopic (exact) mass is 516 g/mol. The zero-order valence-corrected chi connectivity index (χ0v) is 19.8. The molecule has 2 aliphatic heterocycles. The molecule has 0 unspecified atom stereocenters. The van der Waals surface area contributed by atoms with Crippen LogP contribution in [0.15, 0.2) is 66.7 Å². The minimum atomic E-state index is -4.46. The van der Waals surface area contributed by atoms with Crippen molar-refractivity contribution in [2.45, 2.75) is 17.6 Å². The topological polar surface area (TPSA) is 49.9 Å². The van der Waals surface area contributed by atoms with E-state index in [2.05, 4.69) is 0 Å². The zero-order valence-electron chi connectivity index (χ0n) is 19.0. The maximum absolute atomic E-state index is 14.0. The third-order valence-electron chi connectivity index (χ3n) is 6.34. The number of amides is 2. The van der Waals surface area contributed by atoms with E-state index in [4.69, 9.17) is 4.74 Å². The Morgan fingerprint density at radius 1 is 1.08 bits per heavy atom. The molecule has 3 aromatic carbocycles. The molecule has 2 amide bonds. The van der Waals surface area contributed by atoms with Gasteiger partial charge >= 0.3 is 6.18 Å². The van der Waals surface area contributed by atoms with Gasteiger partial charge < -0.3 is 14.5 Å². The third kappa shape index (κ3) is 3.89. The van der Waals surface area contributed by atoms with E-state index in [0.717, 1.165) is 18.2 Å². The predicted octanol–water partition coefficient (Wildman–Crippen LogP) is 5.44. The van der Waals surface area contributed by atoms with Crippen LogP contribution in [-0.2, 0) is 22.4 Å². The van der Waals surface area contributed by atoms with Crippen LogP contribution in [0.3, 0.4) is 0 Å². The van der Waals surface area contributed by atoms with Crippen molar-refractivity contribution in [2.24, 2.45) is 0 Å². The van der Waals surface area contributed by atoms with Crippen molar-refractivity contribution in [2.75, 3.05) is 24.3 Å². The SMILES string of the molecule is COc1ccc2c(c1)[C@@]1(SCCN1C(=O)c1cccc(F)c1)C(=O)N2Cc1ccc(C(F)(F)F)cc1. The van der Waals surface area contributed by atoms with Gasteiger partial charge in [-0.25, -0.2) is 4.39 Å². The number of anilines is 1.